The Balaban J connectivity index is 1.68. The molecule has 9 heteroatoms. The largest absolute Gasteiger partial charge is 0.453 e. The van der Waals surface area contributed by atoms with E-state index in [2.05, 4.69) is 4.98 Å². The molecule has 3 saturated heterocycles. The number of rotatable bonds is 1. The van der Waals surface area contributed by atoms with E-state index in [9.17, 15) is 14.4 Å². The van der Waals surface area contributed by atoms with Crippen molar-refractivity contribution in [2.45, 2.75) is 31.5 Å². The van der Waals surface area contributed by atoms with Crippen molar-refractivity contribution in [1.82, 2.24) is 14.8 Å². The summed E-state index contributed by atoms with van der Waals surface area (Å²) in [7, 11) is 1.30. The van der Waals surface area contributed by atoms with Crippen LogP contribution in [-0.2, 0) is 9.53 Å². The molecule has 0 radical (unpaired) electrons. The maximum atomic E-state index is 12.9. The number of urea groups is 1. The summed E-state index contributed by atoms with van der Waals surface area (Å²) in [5.74, 6) is -0.378. The van der Waals surface area contributed by atoms with Crippen molar-refractivity contribution in [2.75, 3.05) is 18.6 Å². The third-order valence-corrected chi connectivity index (χ3v) is 5.10. The summed E-state index contributed by atoms with van der Waals surface area (Å²) >= 11 is 0. The van der Waals surface area contributed by atoms with Gasteiger partial charge in [0.1, 0.15) is 17.8 Å². The first-order valence-corrected chi connectivity index (χ1v) is 7.85. The highest BCUT2D eigenvalue weighted by Crippen LogP contribution is 2.42. The predicted molar refractivity (Wildman–Crippen MR) is 83.5 cm³/mol. The van der Waals surface area contributed by atoms with Crippen LogP contribution in [0.25, 0.3) is 0 Å². The minimum Gasteiger partial charge on any atom is -0.453 e. The van der Waals surface area contributed by atoms with Gasteiger partial charge in [-0.05, 0) is 25.0 Å². The first-order chi connectivity index (χ1) is 12.0. The SMILES string of the molecule is COC(=O)N1C[C@H]2CC1C1C(=O)N(c3cnc(C#N)c(C)c3)C(=O)N12. The van der Waals surface area contributed by atoms with E-state index < -0.39 is 18.2 Å². The summed E-state index contributed by atoms with van der Waals surface area (Å²) in [6.45, 7) is 2.06. The van der Waals surface area contributed by atoms with Crippen LogP contribution in [0.5, 0.6) is 0 Å². The summed E-state index contributed by atoms with van der Waals surface area (Å²) < 4.78 is 4.77. The maximum Gasteiger partial charge on any atom is 0.409 e. The molecule has 1 aromatic heterocycles. The number of fused-ring (bicyclic) bond motifs is 5. The zero-order valence-corrected chi connectivity index (χ0v) is 13.7. The molecule has 4 amide bonds. The zero-order valence-electron chi connectivity index (χ0n) is 13.7. The minimum atomic E-state index is -0.693. The molecule has 4 heterocycles. The Bertz CT molecular complexity index is 847. The third kappa shape index (κ3) is 1.94. The first-order valence-electron chi connectivity index (χ1n) is 7.85. The van der Waals surface area contributed by atoms with Gasteiger partial charge in [0, 0.05) is 6.54 Å². The Kier molecular flexibility index (Phi) is 3.18. The number of likely N-dealkylation sites (tertiary alicyclic amines) is 1. The summed E-state index contributed by atoms with van der Waals surface area (Å²) in [6.07, 6.45) is 1.45. The molecule has 9 nitrogen and oxygen atoms in total. The molecule has 0 spiro atoms. The fraction of sp³-hybridized carbons (Fsp3) is 0.438. The number of hydrogen-bond acceptors (Lipinski definition) is 6. The second-order valence-electron chi connectivity index (χ2n) is 6.36. The average Bonchev–Trinajstić information content (AvgIpc) is 3.26. The maximum absolute atomic E-state index is 12.9. The number of aryl methyl sites for hydroxylation is 1. The van der Waals surface area contributed by atoms with E-state index in [-0.39, 0.29) is 23.7 Å². The topological polar surface area (TPSA) is 107 Å². The van der Waals surface area contributed by atoms with Gasteiger partial charge in [-0.15, -0.1) is 0 Å². The van der Waals surface area contributed by atoms with E-state index in [0.29, 0.717) is 24.2 Å². The Labute approximate surface area is 143 Å². The lowest BCUT2D eigenvalue weighted by Crippen LogP contribution is -2.54. The number of aromatic nitrogens is 1. The van der Waals surface area contributed by atoms with Gasteiger partial charge in [0.05, 0.1) is 31.1 Å². The fourth-order valence-corrected chi connectivity index (χ4v) is 4.02. The monoisotopic (exact) mass is 341 g/mol. The van der Waals surface area contributed by atoms with E-state index in [4.69, 9.17) is 10.00 Å². The van der Waals surface area contributed by atoms with E-state index in [1.165, 1.54) is 18.2 Å². The normalized spacial score (nSPS) is 26.9. The second kappa shape index (κ2) is 5.17. The molecular formula is C16H15N5O4. The number of imide groups is 1. The smallest absolute Gasteiger partial charge is 0.409 e. The molecule has 1 aromatic rings. The number of anilines is 1. The number of hydrogen-bond donors (Lipinski definition) is 0. The van der Waals surface area contributed by atoms with Crippen LogP contribution in [0.1, 0.15) is 17.7 Å². The Morgan fingerprint density at radius 3 is 2.84 bits per heavy atom. The molecule has 2 unspecified atom stereocenters. The van der Waals surface area contributed by atoms with Gasteiger partial charge in [-0.25, -0.2) is 19.5 Å². The molecule has 4 rings (SSSR count). The van der Waals surface area contributed by atoms with E-state index in [1.54, 1.807) is 17.9 Å². The van der Waals surface area contributed by atoms with Crippen molar-refractivity contribution in [3.63, 3.8) is 0 Å². The van der Waals surface area contributed by atoms with Crippen LogP contribution in [-0.4, -0.2) is 64.6 Å². The van der Waals surface area contributed by atoms with E-state index in [1.807, 2.05) is 6.07 Å². The fourth-order valence-electron chi connectivity index (χ4n) is 4.02. The van der Waals surface area contributed by atoms with Gasteiger partial charge in [-0.3, -0.25) is 4.79 Å². The van der Waals surface area contributed by atoms with Gasteiger partial charge >= 0.3 is 12.1 Å². The van der Waals surface area contributed by atoms with Crippen LogP contribution >= 0.6 is 0 Å². The highest BCUT2D eigenvalue weighted by atomic mass is 16.5. The van der Waals surface area contributed by atoms with E-state index >= 15 is 0 Å². The molecule has 0 N–H and O–H groups in total. The molecule has 25 heavy (non-hydrogen) atoms. The minimum absolute atomic E-state index is 0.192. The number of carbonyl (C=O) groups is 3. The highest BCUT2D eigenvalue weighted by molar-refractivity contribution is 6.22. The molecule has 3 fully saturated rings. The number of carbonyl (C=O) groups excluding carboxylic acids is 3. The van der Waals surface area contributed by atoms with Gasteiger partial charge in [0.25, 0.3) is 5.91 Å². The molecular weight excluding hydrogens is 326 g/mol. The van der Waals surface area contributed by atoms with Crippen LogP contribution in [0.3, 0.4) is 0 Å². The number of pyridine rings is 1. The van der Waals surface area contributed by atoms with Gasteiger partial charge in [-0.1, -0.05) is 0 Å². The van der Waals surface area contributed by atoms with Crippen molar-refractivity contribution in [2.24, 2.45) is 0 Å². The van der Waals surface area contributed by atoms with Crippen LogP contribution < -0.4 is 4.90 Å². The number of amides is 4. The molecule has 0 aromatic carbocycles. The second-order valence-corrected chi connectivity index (χ2v) is 6.36. The number of piperazine rings is 1. The standard InChI is InChI=1S/C16H15N5O4/c1-8-3-9(6-18-11(8)5-17)21-14(22)13-12-4-10(20(13)15(21)23)7-19(12)16(24)25-2/h3,6,10,12-13H,4,7H2,1-2H3/t10-,12?,13?/m1/s1. The van der Waals surface area contributed by atoms with Crippen molar-refractivity contribution >= 4 is 23.7 Å². The molecule has 0 saturated carbocycles. The highest BCUT2D eigenvalue weighted by Gasteiger charge is 2.63. The molecule has 128 valence electrons. The first kappa shape index (κ1) is 15.4. The molecule has 2 bridgehead atoms. The van der Waals surface area contributed by atoms with Gasteiger partial charge in [-0.2, -0.15) is 5.26 Å². The molecule has 3 atom stereocenters. The predicted octanol–water partition coefficient (Wildman–Crippen LogP) is 0.622. The van der Waals surface area contributed by atoms with Crippen molar-refractivity contribution in [1.29, 1.82) is 5.26 Å². The van der Waals surface area contributed by atoms with Gasteiger partial charge < -0.3 is 14.5 Å². The molecule has 3 aliphatic rings. The number of nitrogens with zero attached hydrogens (tertiary/aromatic N) is 5. The zero-order chi connectivity index (χ0) is 17.9. The molecule has 3 aliphatic heterocycles. The Morgan fingerprint density at radius 2 is 2.20 bits per heavy atom. The van der Waals surface area contributed by atoms with Crippen LogP contribution in [0, 0.1) is 18.3 Å². The summed E-state index contributed by atoms with van der Waals surface area (Å²) in [5.41, 5.74) is 1.18. The van der Waals surface area contributed by atoms with Crippen LogP contribution in [0.15, 0.2) is 12.3 Å². The van der Waals surface area contributed by atoms with Gasteiger partial charge in [0.2, 0.25) is 0 Å². The van der Waals surface area contributed by atoms with Crippen molar-refractivity contribution in [3.05, 3.63) is 23.5 Å². The Morgan fingerprint density at radius 1 is 1.44 bits per heavy atom. The van der Waals surface area contributed by atoms with Crippen molar-refractivity contribution < 1.29 is 19.1 Å². The summed E-state index contributed by atoms with van der Waals surface area (Å²) in [6, 6.07) is 1.90. The quantitative estimate of drug-likeness (QED) is 0.693. The summed E-state index contributed by atoms with van der Waals surface area (Å²) in [5, 5.41) is 8.97. The number of methoxy groups -OCH3 is 1. The summed E-state index contributed by atoms with van der Waals surface area (Å²) in [4.78, 5) is 45.8. The third-order valence-electron chi connectivity index (χ3n) is 5.10. The lowest BCUT2D eigenvalue weighted by molar-refractivity contribution is -0.121. The number of nitriles is 1. The van der Waals surface area contributed by atoms with E-state index in [0.717, 1.165) is 4.90 Å². The lowest BCUT2D eigenvalue weighted by atomic mass is 10.1. The molecule has 0 aliphatic carbocycles. The lowest BCUT2D eigenvalue weighted by Gasteiger charge is -2.33. The van der Waals surface area contributed by atoms with Gasteiger partial charge in [0.15, 0.2) is 0 Å². The average molecular weight is 341 g/mol. The Hall–Kier alpha value is -3.15. The number of ether oxygens (including phenoxy) is 1. The van der Waals surface area contributed by atoms with Crippen LogP contribution in [0.2, 0.25) is 0 Å². The van der Waals surface area contributed by atoms with Crippen molar-refractivity contribution in [3.8, 4) is 6.07 Å². The van der Waals surface area contributed by atoms with Crippen LogP contribution in [0.4, 0.5) is 15.3 Å².